The molecule has 0 aliphatic heterocycles. The molecule has 0 saturated heterocycles. The molecule has 2 rings (SSSR count). The van der Waals surface area contributed by atoms with Crippen molar-refractivity contribution in [3.8, 4) is 0 Å². The van der Waals surface area contributed by atoms with Crippen LogP contribution >= 0.6 is 11.5 Å². The predicted molar refractivity (Wildman–Crippen MR) is 77.9 cm³/mol. The van der Waals surface area contributed by atoms with Gasteiger partial charge in [-0.25, -0.2) is 12.7 Å². The molecule has 0 bridgehead atoms. The van der Waals surface area contributed by atoms with Gasteiger partial charge in [-0.2, -0.15) is 9.47 Å². The van der Waals surface area contributed by atoms with Gasteiger partial charge in [-0.05, 0) is 11.5 Å². The van der Waals surface area contributed by atoms with E-state index in [1.807, 2.05) is 13.2 Å². The van der Waals surface area contributed by atoms with Crippen molar-refractivity contribution in [2.75, 3.05) is 25.1 Å². The van der Waals surface area contributed by atoms with Gasteiger partial charge in [0.2, 0.25) is 10.0 Å². The minimum absolute atomic E-state index is 0.0115. The Bertz CT molecular complexity index is 703. The van der Waals surface area contributed by atoms with Gasteiger partial charge in [-0.15, -0.1) is 0 Å². The Labute approximate surface area is 121 Å². The lowest BCUT2D eigenvalue weighted by Gasteiger charge is -2.12. The number of rotatable bonds is 5. The summed E-state index contributed by atoms with van der Waals surface area (Å²) < 4.78 is 31.1. The summed E-state index contributed by atoms with van der Waals surface area (Å²) >= 11 is 1.03. The van der Waals surface area contributed by atoms with Gasteiger partial charge in [0.15, 0.2) is 10.7 Å². The highest BCUT2D eigenvalue weighted by Gasteiger charge is 2.27. The molecule has 0 spiro atoms. The minimum Gasteiger partial charge on any atom is -0.382 e. The molecule has 0 fully saturated rings. The van der Waals surface area contributed by atoms with Crippen LogP contribution in [0.4, 0.5) is 10.8 Å². The molecule has 0 aliphatic carbocycles. The molecule has 3 N–H and O–H groups in total. The van der Waals surface area contributed by atoms with E-state index < -0.39 is 10.0 Å². The zero-order valence-electron chi connectivity index (χ0n) is 11.4. The largest absolute Gasteiger partial charge is 0.382 e. The third-order valence-electron chi connectivity index (χ3n) is 2.62. The Morgan fingerprint density at radius 3 is 2.75 bits per heavy atom. The Hall–Kier alpha value is -1.65. The van der Waals surface area contributed by atoms with Crippen molar-refractivity contribution in [3.05, 3.63) is 18.0 Å². The number of hydrogen-bond acceptors (Lipinski definition) is 7. The lowest BCUT2D eigenvalue weighted by molar-refractivity contribution is 0.521. The number of aromatic nitrogens is 3. The van der Waals surface area contributed by atoms with Crippen LogP contribution in [0.3, 0.4) is 0 Å². The van der Waals surface area contributed by atoms with Crippen LogP contribution in [0.2, 0.25) is 0 Å². The van der Waals surface area contributed by atoms with E-state index in [0.717, 1.165) is 21.4 Å². The van der Waals surface area contributed by atoms with E-state index in [4.69, 9.17) is 5.73 Å². The first kappa shape index (κ1) is 14.8. The van der Waals surface area contributed by atoms with E-state index in [9.17, 15) is 8.42 Å². The highest BCUT2D eigenvalue weighted by molar-refractivity contribution is 7.89. The molecule has 0 atom stereocenters. The second-order valence-corrected chi connectivity index (χ2v) is 7.25. The standard InChI is InChI=1S/C10H16N6O2S2/c1-15(2)20(17,18)8-9(11)14-19-10(8)12-4-7-5-13-16(3)6-7/h5-6,12H,4H2,1-3H3,(H2,11,14). The van der Waals surface area contributed by atoms with Crippen molar-refractivity contribution in [1.82, 2.24) is 18.5 Å². The minimum atomic E-state index is -3.62. The SMILES string of the molecule is CN(C)S(=O)(=O)c1c(N)nsc1NCc1cnn(C)c1. The van der Waals surface area contributed by atoms with E-state index >= 15 is 0 Å². The van der Waals surface area contributed by atoms with Crippen molar-refractivity contribution >= 4 is 32.4 Å². The van der Waals surface area contributed by atoms with Crippen LogP contribution in [0.5, 0.6) is 0 Å². The van der Waals surface area contributed by atoms with Gasteiger partial charge < -0.3 is 11.1 Å². The lowest BCUT2D eigenvalue weighted by atomic mass is 10.3. The van der Waals surface area contributed by atoms with Gasteiger partial charge in [0, 0.05) is 39.4 Å². The average molecular weight is 316 g/mol. The fourth-order valence-electron chi connectivity index (χ4n) is 1.58. The Morgan fingerprint density at radius 2 is 2.20 bits per heavy atom. The number of hydrogen-bond donors (Lipinski definition) is 2. The molecule has 0 radical (unpaired) electrons. The summed E-state index contributed by atoms with van der Waals surface area (Å²) in [5, 5.41) is 7.52. The number of nitrogens with zero attached hydrogens (tertiary/aromatic N) is 4. The summed E-state index contributed by atoms with van der Waals surface area (Å²) in [5.41, 5.74) is 6.61. The molecule has 2 aromatic rings. The summed E-state index contributed by atoms with van der Waals surface area (Å²) in [7, 11) is 1.11. The molecule has 0 amide bonds. The quantitative estimate of drug-likeness (QED) is 0.823. The van der Waals surface area contributed by atoms with E-state index in [1.54, 1.807) is 10.9 Å². The monoisotopic (exact) mass is 316 g/mol. The van der Waals surface area contributed by atoms with Gasteiger partial charge >= 0.3 is 0 Å². The zero-order chi connectivity index (χ0) is 14.9. The van der Waals surface area contributed by atoms with Gasteiger partial charge in [-0.3, -0.25) is 4.68 Å². The first-order chi connectivity index (χ1) is 9.32. The predicted octanol–water partition coefficient (Wildman–Crippen LogP) is 0.321. The fourth-order valence-corrected chi connectivity index (χ4v) is 3.66. The van der Waals surface area contributed by atoms with Gasteiger partial charge in [0.1, 0.15) is 5.00 Å². The van der Waals surface area contributed by atoms with E-state index in [1.165, 1.54) is 14.1 Å². The molecule has 0 aliphatic rings. The highest BCUT2D eigenvalue weighted by Crippen LogP contribution is 2.33. The highest BCUT2D eigenvalue weighted by atomic mass is 32.2. The van der Waals surface area contributed by atoms with Crippen molar-refractivity contribution < 1.29 is 8.42 Å². The maximum atomic E-state index is 12.2. The van der Waals surface area contributed by atoms with E-state index in [-0.39, 0.29) is 10.7 Å². The number of anilines is 2. The van der Waals surface area contributed by atoms with Crippen molar-refractivity contribution in [2.24, 2.45) is 7.05 Å². The summed E-state index contributed by atoms with van der Waals surface area (Å²) in [5.74, 6) is 0.0115. The average Bonchev–Trinajstić information content (AvgIpc) is 2.93. The molecule has 0 aromatic carbocycles. The Morgan fingerprint density at radius 1 is 1.50 bits per heavy atom. The molecular formula is C10H16N6O2S2. The molecule has 110 valence electrons. The van der Waals surface area contributed by atoms with Crippen molar-refractivity contribution in [1.29, 1.82) is 0 Å². The number of nitrogen functional groups attached to an aromatic ring is 1. The normalized spacial score (nSPS) is 12.0. The second-order valence-electron chi connectivity index (χ2n) is 4.39. The van der Waals surface area contributed by atoms with Crippen molar-refractivity contribution in [3.63, 3.8) is 0 Å². The van der Waals surface area contributed by atoms with E-state index in [2.05, 4.69) is 14.8 Å². The van der Waals surface area contributed by atoms with Crippen LogP contribution in [0, 0.1) is 0 Å². The summed E-state index contributed by atoms with van der Waals surface area (Å²) in [6.45, 7) is 0.450. The van der Waals surface area contributed by atoms with Crippen LogP contribution in [0.1, 0.15) is 5.56 Å². The fraction of sp³-hybridized carbons (Fsp3) is 0.400. The van der Waals surface area contributed by atoms with Gasteiger partial charge in [0.05, 0.1) is 6.20 Å². The summed E-state index contributed by atoms with van der Waals surface area (Å²) in [6, 6.07) is 0. The third kappa shape index (κ3) is 2.76. The Kier molecular flexibility index (Phi) is 3.97. The first-order valence-corrected chi connectivity index (χ1v) is 7.92. The van der Waals surface area contributed by atoms with Gasteiger partial charge in [0.25, 0.3) is 0 Å². The van der Waals surface area contributed by atoms with Crippen LogP contribution < -0.4 is 11.1 Å². The molecule has 2 heterocycles. The molecule has 0 saturated carbocycles. The summed E-state index contributed by atoms with van der Waals surface area (Å²) in [6.07, 6.45) is 3.55. The molecule has 10 heteroatoms. The molecular weight excluding hydrogens is 300 g/mol. The second kappa shape index (κ2) is 5.38. The first-order valence-electron chi connectivity index (χ1n) is 5.71. The molecule has 0 unspecified atom stereocenters. The van der Waals surface area contributed by atoms with Crippen molar-refractivity contribution in [2.45, 2.75) is 11.4 Å². The topological polar surface area (TPSA) is 106 Å². The number of sulfonamides is 1. The summed E-state index contributed by atoms with van der Waals surface area (Å²) in [4.78, 5) is 0.0244. The maximum absolute atomic E-state index is 12.2. The van der Waals surface area contributed by atoms with Crippen LogP contribution in [0.25, 0.3) is 0 Å². The maximum Gasteiger partial charge on any atom is 0.249 e. The van der Waals surface area contributed by atoms with Crippen LogP contribution in [-0.2, 0) is 23.6 Å². The smallest absolute Gasteiger partial charge is 0.249 e. The Balaban J connectivity index is 2.26. The number of nitrogens with one attached hydrogen (secondary N) is 1. The zero-order valence-corrected chi connectivity index (χ0v) is 13.0. The van der Waals surface area contributed by atoms with Crippen LogP contribution in [-0.4, -0.2) is 41.0 Å². The lowest BCUT2D eigenvalue weighted by Crippen LogP contribution is -2.23. The number of nitrogens with two attached hydrogens (primary N) is 1. The van der Waals surface area contributed by atoms with Crippen LogP contribution in [0.15, 0.2) is 17.3 Å². The molecule has 2 aromatic heterocycles. The van der Waals surface area contributed by atoms with Gasteiger partial charge in [-0.1, -0.05) is 0 Å². The molecule has 20 heavy (non-hydrogen) atoms. The third-order valence-corrected chi connectivity index (χ3v) is 5.46. The van der Waals surface area contributed by atoms with E-state index in [0.29, 0.717) is 11.5 Å². The molecule has 8 nitrogen and oxygen atoms in total. The number of aryl methyl sites for hydroxylation is 1.